The molecule has 11 nitrogen and oxygen atoms in total. The number of anilines is 1. The molecule has 3 N–H and O–H groups in total. The maximum absolute atomic E-state index is 13.6. The Morgan fingerprint density at radius 3 is 2.04 bits per heavy atom. The molecule has 48 heavy (non-hydrogen) atoms. The standard InChI is InChI=1S/C35H31Cl2N3O8/c36-25-12-7-13-26(37)33(25)29(41)21-48-35(47)28(19-32(44)45)39-31(43)20-40-24(18-23-10-5-2-6-11-23)15-16-27(34(40)46)38-30(42)17-14-22-8-3-1-4-9-22/h1-13,15-16,28H,14,17-21H2,(H,38,42)(H,39,43)(H,44,45). The van der Waals surface area contributed by atoms with Gasteiger partial charge in [-0.1, -0.05) is 89.9 Å². The molecule has 1 heterocycles. The number of aromatic nitrogens is 1. The quantitative estimate of drug-likeness (QED) is 0.119. The molecule has 0 spiro atoms. The zero-order valence-corrected chi connectivity index (χ0v) is 27.0. The summed E-state index contributed by atoms with van der Waals surface area (Å²) in [6.07, 6.45) is -0.0544. The van der Waals surface area contributed by atoms with Gasteiger partial charge in [0, 0.05) is 18.5 Å². The highest BCUT2D eigenvalue weighted by Gasteiger charge is 2.27. The number of Topliss-reactive ketones (excluding diaryl/α,β-unsaturated/α-hetero) is 1. The van der Waals surface area contributed by atoms with Crippen molar-refractivity contribution in [2.24, 2.45) is 0 Å². The lowest BCUT2D eigenvalue weighted by Gasteiger charge is -2.19. The molecule has 1 aromatic heterocycles. The third-order valence-electron chi connectivity index (χ3n) is 7.14. The summed E-state index contributed by atoms with van der Waals surface area (Å²) in [5, 5.41) is 14.4. The van der Waals surface area contributed by atoms with Crippen LogP contribution >= 0.6 is 23.2 Å². The van der Waals surface area contributed by atoms with Gasteiger partial charge in [0.2, 0.25) is 17.6 Å². The van der Waals surface area contributed by atoms with E-state index < -0.39 is 60.7 Å². The highest BCUT2D eigenvalue weighted by molar-refractivity contribution is 6.39. The lowest BCUT2D eigenvalue weighted by Crippen LogP contribution is -2.46. The van der Waals surface area contributed by atoms with Crippen LogP contribution in [0.25, 0.3) is 0 Å². The van der Waals surface area contributed by atoms with Gasteiger partial charge in [0.05, 0.1) is 22.0 Å². The topological polar surface area (TPSA) is 161 Å². The molecule has 13 heteroatoms. The number of benzene rings is 3. The van der Waals surface area contributed by atoms with E-state index in [-0.39, 0.29) is 34.1 Å². The van der Waals surface area contributed by atoms with Crippen LogP contribution in [-0.2, 0) is 43.3 Å². The largest absolute Gasteiger partial charge is 0.481 e. The number of aliphatic carboxylic acids is 1. The maximum Gasteiger partial charge on any atom is 0.329 e. The van der Waals surface area contributed by atoms with Gasteiger partial charge < -0.3 is 25.0 Å². The van der Waals surface area contributed by atoms with Crippen LogP contribution in [0.3, 0.4) is 0 Å². The minimum Gasteiger partial charge on any atom is -0.481 e. The molecule has 3 aromatic carbocycles. The second-order valence-corrected chi connectivity index (χ2v) is 11.5. The van der Waals surface area contributed by atoms with Crippen LogP contribution in [0.4, 0.5) is 5.69 Å². The Labute approximate surface area is 285 Å². The number of carbonyl (C=O) groups is 5. The first-order valence-corrected chi connectivity index (χ1v) is 15.5. The molecule has 0 aliphatic rings. The number of hydrogen-bond acceptors (Lipinski definition) is 7. The molecule has 2 amide bonds. The highest BCUT2D eigenvalue weighted by atomic mass is 35.5. The zero-order chi connectivity index (χ0) is 34.6. The number of aryl methyl sites for hydroxylation is 1. The van der Waals surface area contributed by atoms with Gasteiger partial charge in [0.1, 0.15) is 18.3 Å². The van der Waals surface area contributed by atoms with Gasteiger partial charge in [-0.05, 0) is 41.8 Å². The second kappa shape index (κ2) is 17.1. The van der Waals surface area contributed by atoms with E-state index in [0.717, 1.165) is 15.7 Å². The van der Waals surface area contributed by atoms with Crippen LogP contribution in [-0.4, -0.2) is 51.9 Å². The van der Waals surface area contributed by atoms with Crippen LogP contribution in [0.5, 0.6) is 0 Å². The van der Waals surface area contributed by atoms with Crippen LogP contribution < -0.4 is 16.2 Å². The summed E-state index contributed by atoms with van der Waals surface area (Å²) in [4.78, 5) is 76.6. The number of carbonyl (C=O) groups excluding carboxylic acids is 4. The number of halogens is 2. The average molecular weight is 693 g/mol. The van der Waals surface area contributed by atoms with Crippen molar-refractivity contribution < 1.29 is 33.8 Å². The molecule has 4 rings (SSSR count). The van der Waals surface area contributed by atoms with E-state index in [1.807, 2.05) is 60.7 Å². The van der Waals surface area contributed by atoms with E-state index in [2.05, 4.69) is 10.6 Å². The molecule has 4 aromatic rings. The Balaban J connectivity index is 1.50. The Hall–Kier alpha value is -5.26. The normalized spacial score (nSPS) is 11.3. The number of rotatable bonds is 15. The average Bonchev–Trinajstić information content (AvgIpc) is 3.06. The monoisotopic (exact) mass is 691 g/mol. The summed E-state index contributed by atoms with van der Waals surface area (Å²) in [6, 6.07) is 24.2. The van der Waals surface area contributed by atoms with E-state index in [4.69, 9.17) is 27.9 Å². The summed E-state index contributed by atoms with van der Waals surface area (Å²) < 4.78 is 6.17. The van der Waals surface area contributed by atoms with Crippen molar-refractivity contribution in [1.82, 2.24) is 9.88 Å². The van der Waals surface area contributed by atoms with Crippen molar-refractivity contribution in [3.8, 4) is 0 Å². The van der Waals surface area contributed by atoms with Crippen molar-refractivity contribution in [3.05, 3.63) is 134 Å². The number of ketones is 1. The zero-order valence-electron chi connectivity index (χ0n) is 25.5. The Morgan fingerprint density at radius 2 is 1.42 bits per heavy atom. The van der Waals surface area contributed by atoms with Crippen molar-refractivity contribution in [1.29, 1.82) is 0 Å². The minimum atomic E-state index is -1.70. The van der Waals surface area contributed by atoms with Gasteiger partial charge in [0.15, 0.2) is 6.61 Å². The fourth-order valence-electron chi connectivity index (χ4n) is 4.78. The van der Waals surface area contributed by atoms with Crippen LogP contribution in [0.2, 0.25) is 10.0 Å². The first-order valence-electron chi connectivity index (χ1n) is 14.8. The summed E-state index contributed by atoms with van der Waals surface area (Å²) in [5.41, 5.74) is 1.39. The molecular formula is C35H31Cl2N3O8. The molecule has 0 aliphatic carbocycles. The smallest absolute Gasteiger partial charge is 0.329 e. The number of carboxylic acid groups (broad SMARTS) is 1. The van der Waals surface area contributed by atoms with Gasteiger partial charge >= 0.3 is 11.9 Å². The third-order valence-corrected chi connectivity index (χ3v) is 7.77. The molecule has 1 unspecified atom stereocenters. The number of amides is 2. The van der Waals surface area contributed by atoms with Crippen LogP contribution in [0.15, 0.2) is 95.8 Å². The summed E-state index contributed by atoms with van der Waals surface area (Å²) in [6.45, 7) is -1.44. The second-order valence-electron chi connectivity index (χ2n) is 10.7. The predicted octanol–water partition coefficient (Wildman–Crippen LogP) is 4.70. The highest BCUT2D eigenvalue weighted by Crippen LogP contribution is 2.24. The molecule has 0 bridgehead atoms. The number of hydrogen-bond donors (Lipinski definition) is 3. The fourth-order valence-corrected chi connectivity index (χ4v) is 5.39. The van der Waals surface area contributed by atoms with Crippen LogP contribution in [0.1, 0.15) is 40.0 Å². The molecule has 0 radical (unpaired) electrons. The van der Waals surface area contributed by atoms with Crippen molar-refractivity contribution in [2.45, 2.75) is 38.3 Å². The first-order chi connectivity index (χ1) is 23.0. The van der Waals surface area contributed by atoms with Gasteiger partial charge in [0.25, 0.3) is 5.56 Å². The van der Waals surface area contributed by atoms with Crippen molar-refractivity contribution >= 4 is 58.4 Å². The lowest BCUT2D eigenvalue weighted by atomic mass is 10.1. The number of carboxylic acids is 1. The first kappa shape index (κ1) is 35.6. The number of ether oxygens (including phenoxy) is 1. The number of nitrogens with one attached hydrogen (secondary N) is 2. The third kappa shape index (κ3) is 10.1. The molecule has 1 atom stereocenters. The number of nitrogens with zero attached hydrogens (tertiary/aromatic N) is 1. The Kier molecular flexibility index (Phi) is 12.6. The molecular weight excluding hydrogens is 661 g/mol. The molecule has 0 saturated carbocycles. The number of esters is 1. The molecule has 248 valence electrons. The van der Waals surface area contributed by atoms with Gasteiger partial charge in [-0.2, -0.15) is 0 Å². The fraction of sp³-hybridized carbons (Fsp3) is 0.200. The SMILES string of the molecule is O=C(O)CC(NC(=O)Cn1c(Cc2ccccc2)ccc(NC(=O)CCc2ccccc2)c1=O)C(=O)OCC(=O)c1c(Cl)cccc1Cl. The molecule has 0 saturated heterocycles. The molecule has 0 fully saturated rings. The summed E-state index contributed by atoms with van der Waals surface area (Å²) in [7, 11) is 0. The lowest BCUT2D eigenvalue weighted by molar-refractivity contribution is -0.150. The van der Waals surface area contributed by atoms with Crippen LogP contribution in [0, 0.1) is 0 Å². The van der Waals surface area contributed by atoms with Gasteiger partial charge in [-0.25, -0.2) is 4.79 Å². The summed E-state index contributed by atoms with van der Waals surface area (Å²) in [5.74, 6) is -4.65. The Bertz CT molecular complexity index is 1840. The van der Waals surface area contributed by atoms with Crippen molar-refractivity contribution in [3.63, 3.8) is 0 Å². The predicted molar refractivity (Wildman–Crippen MR) is 179 cm³/mol. The summed E-state index contributed by atoms with van der Waals surface area (Å²) >= 11 is 12.1. The van der Waals surface area contributed by atoms with E-state index in [1.54, 1.807) is 6.07 Å². The van der Waals surface area contributed by atoms with Crippen molar-refractivity contribution in [2.75, 3.05) is 11.9 Å². The number of pyridine rings is 1. The maximum atomic E-state index is 13.6. The Morgan fingerprint density at radius 1 is 0.792 bits per heavy atom. The van der Waals surface area contributed by atoms with E-state index in [9.17, 15) is 33.9 Å². The van der Waals surface area contributed by atoms with E-state index in [1.165, 1.54) is 24.3 Å². The minimum absolute atomic E-state index is 0.0327. The molecule has 0 aliphatic heterocycles. The van der Waals surface area contributed by atoms with E-state index in [0.29, 0.717) is 12.1 Å². The van der Waals surface area contributed by atoms with Gasteiger partial charge in [-0.15, -0.1) is 0 Å². The van der Waals surface area contributed by atoms with Gasteiger partial charge in [-0.3, -0.25) is 24.0 Å². The van der Waals surface area contributed by atoms with E-state index >= 15 is 0 Å².